The number of aliphatic hydroxyl groups excluding tert-OH is 3. The normalized spacial score (nSPS) is 40.6. The van der Waals surface area contributed by atoms with Crippen LogP contribution in [0, 0.1) is 11.8 Å². The molecule has 0 aromatic heterocycles. The molecule has 3 N–H and O–H groups in total. The molecule has 0 radical (unpaired) electrons. The predicted octanol–water partition coefficient (Wildman–Crippen LogP) is 3.16. The van der Waals surface area contributed by atoms with Gasteiger partial charge in [-0.05, 0) is 66.5 Å². The van der Waals surface area contributed by atoms with Crippen LogP contribution in [0.2, 0.25) is 0 Å². The van der Waals surface area contributed by atoms with E-state index in [1.807, 2.05) is 19.9 Å². The smallest absolute Gasteiger partial charge is 0.308 e. The highest BCUT2D eigenvalue weighted by Gasteiger charge is 2.54. The molecule has 3 heterocycles. The fourth-order valence-electron chi connectivity index (χ4n) is 8.07. The number of nitrogens with zero attached hydrogens (tertiary/aromatic N) is 1. The number of ether oxygens (including phenoxy) is 8. The highest BCUT2D eigenvalue weighted by molar-refractivity contribution is 5.71. The van der Waals surface area contributed by atoms with Crippen LogP contribution in [0.4, 0.5) is 0 Å². The molecule has 0 amide bonds. The number of methoxy groups -OCH3 is 1. The Bertz CT molecular complexity index is 1380. The third kappa shape index (κ3) is 13.6. The van der Waals surface area contributed by atoms with Crippen molar-refractivity contribution < 1.29 is 72.4 Å². The van der Waals surface area contributed by atoms with E-state index in [1.165, 1.54) is 7.11 Å². The Morgan fingerprint density at radius 2 is 1.69 bits per heavy atom. The largest absolute Gasteiger partial charge is 0.462 e. The van der Waals surface area contributed by atoms with E-state index in [0.717, 1.165) is 0 Å². The Labute approximate surface area is 343 Å². The molecular weight excluding hydrogens is 758 g/mol. The van der Waals surface area contributed by atoms with Gasteiger partial charge in [-0.3, -0.25) is 14.4 Å². The topological polar surface area (TPSA) is 206 Å². The van der Waals surface area contributed by atoms with Crippen LogP contribution in [-0.4, -0.2) is 151 Å². The Morgan fingerprint density at radius 3 is 2.31 bits per heavy atom. The van der Waals surface area contributed by atoms with Crippen molar-refractivity contribution >= 4 is 24.2 Å². The Balaban J connectivity index is 1.95. The number of carbonyl (C=O) groups excluding carboxylic acids is 4. The number of hydrogen-bond acceptors (Lipinski definition) is 16. The summed E-state index contributed by atoms with van der Waals surface area (Å²) < 4.78 is 48.8. The number of aldehydes is 1. The van der Waals surface area contributed by atoms with E-state index in [-0.39, 0.29) is 38.0 Å². The lowest BCUT2D eigenvalue weighted by Crippen LogP contribution is -2.66. The lowest BCUT2D eigenvalue weighted by Gasteiger charge is -2.50. The van der Waals surface area contributed by atoms with Crippen LogP contribution in [0.25, 0.3) is 0 Å². The Kier molecular flexibility index (Phi) is 19.9. The molecule has 2 saturated heterocycles. The van der Waals surface area contributed by atoms with Crippen molar-refractivity contribution in [2.75, 3.05) is 21.2 Å². The minimum absolute atomic E-state index is 0.00608. The Morgan fingerprint density at radius 1 is 0.983 bits per heavy atom. The lowest BCUT2D eigenvalue weighted by atomic mass is 9.82. The zero-order valence-corrected chi connectivity index (χ0v) is 35.9. The summed E-state index contributed by atoms with van der Waals surface area (Å²) in [5, 5.41) is 34.5. The van der Waals surface area contributed by atoms with Gasteiger partial charge in [-0.2, -0.15) is 0 Å². The second-order valence-electron chi connectivity index (χ2n) is 16.3. The maximum Gasteiger partial charge on any atom is 0.308 e. The monoisotopic (exact) mass is 827 g/mol. The van der Waals surface area contributed by atoms with Crippen molar-refractivity contribution in [1.82, 2.24) is 4.90 Å². The van der Waals surface area contributed by atoms with Gasteiger partial charge in [0.25, 0.3) is 0 Å². The van der Waals surface area contributed by atoms with E-state index >= 15 is 0 Å². The molecular formula is C42H69NO15. The van der Waals surface area contributed by atoms with Crippen molar-refractivity contribution in [3.8, 4) is 0 Å². The first-order valence-electron chi connectivity index (χ1n) is 20.6. The van der Waals surface area contributed by atoms with Gasteiger partial charge in [0, 0.05) is 39.2 Å². The van der Waals surface area contributed by atoms with Gasteiger partial charge in [-0.15, -0.1) is 0 Å². The summed E-state index contributed by atoms with van der Waals surface area (Å²) in [4.78, 5) is 52.1. The van der Waals surface area contributed by atoms with Crippen LogP contribution in [0.1, 0.15) is 99.8 Å². The predicted molar refractivity (Wildman–Crippen MR) is 210 cm³/mol. The first kappa shape index (κ1) is 49.6. The average molecular weight is 828 g/mol. The van der Waals surface area contributed by atoms with E-state index in [9.17, 15) is 34.5 Å². The number of cyclic esters (lactones) is 1. The van der Waals surface area contributed by atoms with Crippen molar-refractivity contribution in [3.05, 3.63) is 24.3 Å². The molecule has 0 bridgehead atoms. The molecule has 0 saturated carbocycles. The van der Waals surface area contributed by atoms with Crippen LogP contribution < -0.4 is 0 Å². The fraction of sp³-hybridized carbons (Fsp3) is 0.810. The number of likely N-dealkylation sites (N-methyl/N-ethyl adjacent to an activating group) is 1. The van der Waals surface area contributed by atoms with Gasteiger partial charge in [0.15, 0.2) is 24.3 Å². The van der Waals surface area contributed by atoms with E-state index in [2.05, 4.69) is 0 Å². The summed E-state index contributed by atoms with van der Waals surface area (Å²) in [5.74, 6) is -2.64. The summed E-state index contributed by atoms with van der Waals surface area (Å²) in [7, 11) is 4.85. The summed E-state index contributed by atoms with van der Waals surface area (Å²) in [6, 6.07) is -0.783. The molecule has 16 heteroatoms. The number of allylic oxidation sites excluding steroid dienone is 2. The van der Waals surface area contributed by atoms with Gasteiger partial charge in [0.1, 0.15) is 30.7 Å². The van der Waals surface area contributed by atoms with Gasteiger partial charge < -0.3 is 62.9 Å². The second-order valence-corrected chi connectivity index (χ2v) is 16.3. The van der Waals surface area contributed by atoms with E-state index in [1.54, 1.807) is 71.8 Å². The number of hydrogen-bond donors (Lipinski definition) is 3. The first-order chi connectivity index (χ1) is 27.4. The number of rotatable bonds is 13. The zero-order chi connectivity index (χ0) is 43.3. The first-order valence-corrected chi connectivity index (χ1v) is 20.6. The van der Waals surface area contributed by atoms with Gasteiger partial charge in [-0.25, -0.2) is 0 Å². The summed E-state index contributed by atoms with van der Waals surface area (Å²) in [6.45, 7) is 12.2. The molecule has 0 aromatic rings. The lowest BCUT2D eigenvalue weighted by molar-refractivity contribution is -0.344. The number of esters is 3. The highest BCUT2D eigenvalue weighted by Crippen LogP contribution is 2.39. The number of carbonyl (C=O) groups is 4. The minimum Gasteiger partial charge on any atom is -0.462 e. The SMILES string of the molecule is CCCC(=O)O[C@@H]1[C@@H](C)O[C@@H](O[C@H]2[C@H](N(C)C)[C@@H](O)[C@H](O[C@H]3[C@@H](CC=O)C[C@@H](C)[C@@H](O)/C=C/C=C/C[C@@H](C)OC(=O)C[C@@H](O)[C@@H]3OC)O[C@@H]2C)C[C@@]1(C)OC(=O)CC. The van der Waals surface area contributed by atoms with E-state index in [0.29, 0.717) is 19.1 Å². The highest BCUT2D eigenvalue weighted by atomic mass is 16.7. The van der Waals surface area contributed by atoms with Gasteiger partial charge in [-0.1, -0.05) is 45.1 Å². The zero-order valence-electron chi connectivity index (χ0n) is 35.9. The van der Waals surface area contributed by atoms with Crippen molar-refractivity contribution in [3.63, 3.8) is 0 Å². The summed E-state index contributed by atoms with van der Waals surface area (Å²) >= 11 is 0. The Hall–Kier alpha value is -2.80. The molecule has 16 atom stereocenters. The van der Waals surface area contributed by atoms with Crippen LogP contribution in [0.3, 0.4) is 0 Å². The molecule has 3 rings (SSSR count). The molecule has 0 unspecified atom stereocenters. The molecule has 3 aliphatic heterocycles. The summed E-state index contributed by atoms with van der Waals surface area (Å²) in [6.07, 6.45) is -3.49. The maximum absolute atomic E-state index is 12.9. The quantitative estimate of drug-likeness (QED) is 0.139. The van der Waals surface area contributed by atoms with Crippen LogP contribution in [0.15, 0.2) is 24.3 Å². The maximum atomic E-state index is 12.9. The molecule has 0 aliphatic carbocycles. The van der Waals surface area contributed by atoms with Gasteiger partial charge in [0.2, 0.25) is 0 Å². The molecule has 16 nitrogen and oxygen atoms in total. The average Bonchev–Trinajstić information content (AvgIpc) is 3.13. The van der Waals surface area contributed by atoms with Crippen LogP contribution >= 0.6 is 0 Å². The van der Waals surface area contributed by atoms with Gasteiger partial charge >= 0.3 is 17.9 Å². The van der Waals surface area contributed by atoms with Gasteiger partial charge in [0.05, 0.1) is 43.0 Å². The molecule has 2 fully saturated rings. The standard InChI is InChI=1S/C42H69NO15/c1-11-16-32(48)55-40-27(6)53-34(23-42(40,7)58-31(47)12-2)56-37-26(5)54-41(36(50)35(37)43(8)9)57-38-28(19-20-44)21-24(3)29(45)18-15-13-14-17-25(4)52-33(49)22-30(46)39(38)51-10/h13-15,18,20,24-30,34-41,45-46,50H,11-12,16-17,19,21-23H2,1-10H3/b14-13+,18-15+/t24-,25-,26-,27-,28+,29+,30-,34+,35-,36-,37-,38+,39+,40-,41+,42-/m1/s1. The second kappa shape index (κ2) is 23.3. The van der Waals surface area contributed by atoms with E-state index in [4.69, 9.17) is 37.9 Å². The molecule has 58 heavy (non-hydrogen) atoms. The third-order valence-corrected chi connectivity index (χ3v) is 11.1. The minimum atomic E-state index is -1.45. The van der Waals surface area contributed by atoms with Crippen molar-refractivity contribution in [2.45, 2.75) is 185 Å². The summed E-state index contributed by atoms with van der Waals surface area (Å²) in [5.41, 5.74) is -1.30. The molecule has 3 aliphatic rings. The molecule has 0 spiro atoms. The third-order valence-electron chi connectivity index (χ3n) is 11.1. The molecule has 332 valence electrons. The van der Waals surface area contributed by atoms with Crippen LogP contribution in [0.5, 0.6) is 0 Å². The molecule has 0 aromatic carbocycles. The van der Waals surface area contributed by atoms with Crippen molar-refractivity contribution in [2.24, 2.45) is 11.8 Å². The van der Waals surface area contributed by atoms with Crippen LogP contribution in [-0.2, 0) is 57.1 Å². The number of aliphatic hydroxyl groups is 3. The van der Waals surface area contributed by atoms with E-state index < -0.39 is 116 Å². The van der Waals surface area contributed by atoms with Crippen molar-refractivity contribution in [1.29, 1.82) is 0 Å². The fourth-order valence-corrected chi connectivity index (χ4v) is 8.07.